The Bertz CT molecular complexity index is 804. The molecule has 0 spiro atoms. The summed E-state index contributed by atoms with van der Waals surface area (Å²) >= 11 is 11.4. The average molecular weight is 389 g/mol. The molecular weight excluding hydrogens is 368 g/mol. The van der Waals surface area contributed by atoms with Crippen LogP contribution in [0.2, 0.25) is 5.02 Å². The van der Waals surface area contributed by atoms with Gasteiger partial charge >= 0.3 is 0 Å². The molecule has 1 N–H and O–H groups in total. The molecule has 1 heterocycles. The minimum atomic E-state index is -0.226. The SMILES string of the molecule is CC1CCN(C(=S)Oc2cccc(C(=O)Nc3cccc(Cl)c3)c2)CC1. The van der Waals surface area contributed by atoms with Crippen molar-refractivity contribution in [2.75, 3.05) is 18.4 Å². The minimum absolute atomic E-state index is 0.226. The Morgan fingerprint density at radius 1 is 1.19 bits per heavy atom. The number of likely N-dealkylation sites (tertiary alicyclic amines) is 1. The minimum Gasteiger partial charge on any atom is -0.432 e. The summed E-state index contributed by atoms with van der Waals surface area (Å²) in [6, 6.07) is 14.0. The van der Waals surface area contributed by atoms with Crippen molar-refractivity contribution in [1.29, 1.82) is 0 Å². The number of hydrogen-bond donors (Lipinski definition) is 1. The maximum atomic E-state index is 12.4. The zero-order valence-electron chi connectivity index (χ0n) is 14.6. The highest BCUT2D eigenvalue weighted by Crippen LogP contribution is 2.20. The Balaban J connectivity index is 1.64. The van der Waals surface area contributed by atoms with E-state index in [1.807, 2.05) is 0 Å². The summed E-state index contributed by atoms with van der Waals surface area (Å²) in [5, 5.41) is 3.86. The first-order chi connectivity index (χ1) is 12.5. The molecule has 0 atom stereocenters. The second kappa shape index (κ2) is 8.52. The van der Waals surface area contributed by atoms with Crippen LogP contribution in [0.1, 0.15) is 30.1 Å². The first kappa shape index (κ1) is 18.7. The van der Waals surface area contributed by atoms with Gasteiger partial charge in [-0.2, -0.15) is 0 Å². The number of nitrogens with one attached hydrogen (secondary N) is 1. The molecule has 136 valence electrons. The summed E-state index contributed by atoms with van der Waals surface area (Å²) < 4.78 is 5.81. The molecule has 1 fully saturated rings. The molecule has 26 heavy (non-hydrogen) atoms. The van der Waals surface area contributed by atoms with Crippen molar-refractivity contribution in [2.24, 2.45) is 5.92 Å². The van der Waals surface area contributed by atoms with Crippen molar-refractivity contribution in [3.8, 4) is 5.75 Å². The number of hydrogen-bond acceptors (Lipinski definition) is 3. The van der Waals surface area contributed by atoms with E-state index >= 15 is 0 Å². The van der Waals surface area contributed by atoms with Crippen LogP contribution in [-0.2, 0) is 0 Å². The number of carbonyl (C=O) groups excluding carboxylic acids is 1. The van der Waals surface area contributed by atoms with E-state index in [0.29, 0.717) is 27.2 Å². The van der Waals surface area contributed by atoms with Crippen molar-refractivity contribution in [3.05, 3.63) is 59.1 Å². The molecule has 3 rings (SSSR count). The lowest BCUT2D eigenvalue weighted by Gasteiger charge is -2.31. The first-order valence-electron chi connectivity index (χ1n) is 8.65. The number of benzene rings is 2. The molecule has 0 saturated carbocycles. The van der Waals surface area contributed by atoms with Crippen molar-refractivity contribution < 1.29 is 9.53 Å². The molecule has 1 saturated heterocycles. The molecule has 1 aliphatic heterocycles. The smallest absolute Gasteiger partial charge is 0.264 e. The molecule has 0 aliphatic carbocycles. The van der Waals surface area contributed by atoms with Gasteiger partial charge in [-0.05, 0) is 67.4 Å². The number of amides is 1. The predicted octanol–water partition coefficient (Wildman–Crippen LogP) is 4.99. The molecule has 0 radical (unpaired) electrons. The number of carbonyl (C=O) groups is 1. The number of thiocarbonyl (C=S) groups is 1. The fourth-order valence-electron chi connectivity index (χ4n) is 2.83. The number of ether oxygens (including phenoxy) is 1. The Morgan fingerprint density at radius 3 is 2.65 bits per heavy atom. The summed E-state index contributed by atoms with van der Waals surface area (Å²) in [4.78, 5) is 14.5. The van der Waals surface area contributed by atoms with E-state index in [1.54, 1.807) is 48.5 Å². The quantitative estimate of drug-likeness (QED) is 0.752. The third kappa shape index (κ3) is 4.96. The molecule has 4 nitrogen and oxygen atoms in total. The Kier molecular flexibility index (Phi) is 6.12. The molecule has 0 aromatic heterocycles. The third-order valence-corrected chi connectivity index (χ3v) is 5.00. The van der Waals surface area contributed by atoms with Gasteiger partial charge in [0.05, 0.1) is 0 Å². The zero-order valence-corrected chi connectivity index (χ0v) is 16.1. The van der Waals surface area contributed by atoms with E-state index in [1.165, 1.54) is 0 Å². The van der Waals surface area contributed by atoms with Gasteiger partial charge < -0.3 is 15.0 Å². The van der Waals surface area contributed by atoms with E-state index in [-0.39, 0.29) is 5.91 Å². The van der Waals surface area contributed by atoms with Crippen molar-refractivity contribution in [1.82, 2.24) is 4.90 Å². The number of piperidine rings is 1. The Hall–Kier alpha value is -2.11. The lowest BCUT2D eigenvalue weighted by molar-refractivity contribution is 0.102. The van der Waals surface area contributed by atoms with Gasteiger partial charge in [0, 0.05) is 29.4 Å². The molecule has 0 bridgehead atoms. The molecule has 2 aromatic carbocycles. The van der Waals surface area contributed by atoms with Gasteiger partial charge in [0.15, 0.2) is 0 Å². The summed E-state index contributed by atoms with van der Waals surface area (Å²) in [5.41, 5.74) is 1.14. The van der Waals surface area contributed by atoms with Crippen LogP contribution in [0.15, 0.2) is 48.5 Å². The lowest BCUT2D eigenvalue weighted by atomic mass is 10.00. The van der Waals surface area contributed by atoms with Gasteiger partial charge in [0.2, 0.25) is 0 Å². The highest BCUT2D eigenvalue weighted by molar-refractivity contribution is 7.80. The largest absolute Gasteiger partial charge is 0.432 e. The van der Waals surface area contributed by atoms with E-state index in [0.717, 1.165) is 31.8 Å². The number of anilines is 1. The van der Waals surface area contributed by atoms with Crippen LogP contribution in [0.3, 0.4) is 0 Å². The standard InChI is InChI=1S/C20H21ClN2O2S/c1-14-8-10-23(11-9-14)20(26)25-18-7-2-4-15(12-18)19(24)22-17-6-3-5-16(21)13-17/h2-7,12-14H,8-11H2,1H3,(H,22,24). The van der Waals surface area contributed by atoms with Crippen LogP contribution >= 0.6 is 23.8 Å². The number of nitrogens with zero attached hydrogens (tertiary/aromatic N) is 1. The van der Waals surface area contributed by atoms with Crippen LogP contribution in [0.4, 0.5) is 5.69 Å². The molecule has 1 aliphatic rings. The third-order valence-electron chi connectivity index (χ3n) is 4.43. The monoisotopic (exact) mass is 388 g/mol. The van der Waals surface area contributed by atoms with Gasteiger partial charge in [-0.1, -0.05) is 30.7 Å². The summed E-state index contributed by atoms with van der Waals surface area (Å²) in [5.74, 6) is 1.07. The maximum absolute atomic E-state index is 12.4. The van der Waals surface area contributed by atoms with E-state index in [9.17, 15) is 4.79 Å². The van der Waals surface area contributed by atoms with Crippen LogP contribution < -0.4 is 10.1 Å². The normalized spacial score (nSPS) is 14.8. The molecule has 1 amide bonds. The van der Waals surface area contributed by atoms with Crippen LogP contribution in [-0.4, -0.2) is 29.1 Å². The number of halogens is 1. The lowest BCUT2D eigenvalue weighted by Crippen LogP contribution is -2.39. The van der Waals surface area contributed by atoms with Gasteiger partial charge in [0.25, 0.3) is 11.1 Å². The second-order valence-corrected chi connectivity index (χ2v) is 7.32. The van der Waals surface area contributed by atoms with Gasteiger partial charge in [-0.25, -0.2) is 0 Å². The summed E-state index contributed by atoms with van der Waals surface area (Å²) in [6.45, 7) is 4.08. The molecule has 0 unspecified atom stereocenters. The Labute approximate surface area is 164 Å². The Morgan fingerprint density at radius 2 is 1.92 bits per heavy atom. The summed E-state index contributed by atoms with van der Waals surface area (Å²) in [6.07, 6.45) is 2.23. The fraction of sp³-hybridized carbons (Fsp3) is 0.300. The predicted molar refractivity (Wildman–Crippen MR) is 109 cm³/mol. The van der Waals surface area contributed by atoms with Crippen LogP contribution in [0.5, 0.6) is 5.75 Å². The van der Waals surface area contributed by atoms with E-state index < -0.39 is 0 Å². The topological polar surface area (TPSA) is 41.6 Å². The second-order valence-electron chi connectivity index (χ2n) is 6.53. The van der Waals surface area contributed by atoms with Gasteiger partial charge in [0.1, 0.15) is 5.75 Å². The highest BCUT2D eigenvalue weighted by Gasteiger charge is 2.19. The summed E-state index contributed by atoms with van der Waals surface area (Å²) in [7, 11) is 0. The van der Waals surface area contributed by atoms with E-state index in [4.69, 9.17) is 28.6 Å². The maximum Gasteiger partial charge on any atom is 0.264 e. The van der Waals surface area contributed by atoms with Gasteiger partial charge in [-0.15, -0.1) is 0 Å². The highest BCUT2D eigenvalue weighted by atomic mass is 35.5. The van der Waals surface area contributed by atoms with E-state index in [2.05, 4.69) is 17.1 Å². The molecular formula is C20H21ClN2O2S. The molecule has 2 aromatic rings. The van der Waals surface area contributed by atoms with Crippen molar-refractivity contribution in [3.63, 3.8) is 0 Å². The molecule has 6 heteroatoms. The van der Waals surface area contributed by atoms with Crippen LogP contribution in [0.25, 0.3) is 0 Å². The first-order valence-corrected chi connectivity index (χ1v) is 9.43. The number of rotatable bonds is 3. The van der Waals surface area contributed by atoms with Crippen molar-refractivity contribution >= 4 is 40.6 Å². The zero-order chi connectivity index (χ0) is 18.5. The van der Waals surface area contributed by atoms with Crippen molar-refractivity contribution in [2.45, 2.75) is 19.8 Å². The van der Waals surface area contributed by atoms with Crippen LogP contribution in [0, 0.1) is 5.92 Å². The fourth-order valence-corrected chi connectivity index (χ4v) is 3.30. The average Bonchev–Trinajstić information content (AvgIpc) is 2.62. The van der Waals surface area contributed by atoms with Gasteiger partial charge in [-0.3, -0.25) is 4.79 Å².